The molecule has 2 aromatic rings. The summed E-state index contributed by atoms with van der Waals surface area (Å²) in [6.07, 6.45) is 4.90. The number of hydrogen-bond donors (Lipinski definition) is 2. The lowest BCUT2D eigenvalue weighted by Crippen LogP contribution is -2.23. The molecule has 1 amide bonds. The van der Waals surface area contributed by atoms with Gasteiger partial charge >= 0.3 is 0 Å². The topological polar surface area (TPSA) is 54.0 Å². The lowest BCUT2D eigenvalue weighted by molar-refractivity contribution is 0.0957. The average molecular weight is 281 g/mol. The van der Waals surface area contributed by atoms with E-state index < -0.39 is 0 Å². The third kappa shape index (κ3) is 3.69. The van der Waals surface area contributed by atoms with E-state index in [0.717, 1.165) is 22.5 Å². The van der Waals surface area contributed by atoms with Gasteiger partial charge in [-0.05, 0) is 31.0 Å². The van der Waals surface area contributed by atoms with E-state index in [2.05, 4.69) is 22.2 Å². The van der Waals surface area contributed by atoms with Gasteiger partial charge in [-0.25, -0.2) is 0 Å². The van der Waals surface area contributed by atoms with Gasteiger partial charge in [0.15, 0.2) is 0 Å². The van der Waals surface area contributed by atoms with Crippen LogP contribution in [0.15, 0.2) is 49.3 Å². The number of aromatic nitrogens is 1. The Bertz CT molecular complexity index is 645. The number of nitrogens with zero attached hydrogens (tertiary/aromatic N) is 1. The van der Waals surface area contributed by atoms with Crippen LogP contribution in [0.5, 0.6) is 0 Å². The molecule has 1 heterocycles. The Kier molecular flexibility index (Phi) is 4.72. The second-order valence-electron chi connectivity index (χ2n) is 4.85. The molecular formula is C17H19N3O. The molecule has 0 spiro atoms. The van der Waals surface area contributed by atoms with E-state index in [0.29, 0.717) is 12.1 Å². The molecule has 0 unspecified atom stereocenters. The number of carbonyl (C=O) groups is 1. The molecule has 1 aromatic carbocycles. The maximum absolute atomic E-state index is 11.9. The Morgan fingerprint density at radius 3 is 2.67 bits per heavy atom. The van der Waals surface area contributed by atoms with Gasteiger partial charge in [0.05, 0.1) is 17.4 Å². The first-order valence-corrected chi connectivity index (χ1v) is 6.79. The van der Waals surface area contributed by atoms with Crippen LogP contribution >= 0.6 is 0 Å². The zero-order chi connectivity index (χ0) is 15.2. The summed E-state index contributed by atoms with van der Waals surface area (Å²) in [5.74, 6) is -0.160. The molecule has 0 bridgehead atoms. The summed E-state index contributed by atoms with van der Waals surface area (Å²) in [6, 6.07) is 7.90. The fourth-order valence-electron chi connectivity index (χ4n) is 2.06. The van der Waals surface area contributed by atoms with Gasteiger partial charge in [-0.3, -0.25) is 9.78 Å². The second-order valence-corrected chi connectivity index (χ2v) is 4.85. The molecule has 1 aromatic heterocycles. The zero-order valence-electron chi connectivity index (χ0n) is 12.3. The number of hydrogen-bond acceptors (Lipinski definition) is 3. The van der Waals surface area contributed by atoms with Gasteiger partial charge in [-0.2, -0.15) is 0 Å². The van der Waals surface area contributed by atoms with Gasteiger partial charge in [0.2, 0.25) is 0 Å². The Morgan fingerprint density at radius 1 is 1.29 bits per heavy atom. The highest BCUT2D eigenvalue weighted by atomic mass is 16.1. The predicted octanol–water partition coefficient (Wildman–Crippen LogP) is 3.36. The fraction of sp³-hybridized carbons (Fsp3) is 0.176. The van der Waals surface area contributed by atoms with Gasteiger partial charge < -0.3 is 10.6 Å². The molecule has 2 N–H and O–H groups in total. The summed E-state index contributed by atoms with van der Waals surface area (Å²) in [5.41, 5.74) is 4.66. The van der Waals surface area contributed by atoms with Gasteiger partial charge in [0, 0.05) is 18.4 Å². The van der Waals surface area contributed by atoms with Crippen molar-refractivity contribution >= 4 is 17.3 Å². The molecule has 0 saturated heterocycles. The van der Waals surface area contributed by atoms with Crippen molar-refractivity contribution in [2.75, 3.05) is 11.9 Å². The van der Waals surface area contributed by atoms with Crippen LogP contribution in [0.3, 0.4) is 0 Å². The molecule has 0 aliphatic rings. The molecule has 108 valence electrons. The highest BCUT2D eigenvalue weighted by Crippen LogP contribution is 2.24. The summed E-state index contributed by atoms with van der Waals surface area (Å²) in [6.45, 7) is 8.10. The fourth-order valence-corrected chi connectivity index (χ4v) is 2.06. The molecule has 4 nitrogen and oxygen atoms in total. The first kappa shape index (κ1) is 14.8. The Balaban J connectivity index is 2.22. The van der Waals surface area contributed by atoms with Crippen LogP contribution in [-0.4, -0.2) is 17.4 Å². The minimum Gasteiger partial charge on any atom is -0.354 e. The number of rotatable bonds is 5. The van der Waals surface area contributed by atoms with Crippen molar-refractivity contribution in [3.05, 3.63) is 66.0 Å². The molecule has 0 fully saturated rings. The van der Waals surface area contributed by atoms with Gasteiger partial charge in [-0.15, -0.1) is 6.58 Å². The van der Waals surface area contributed by atoms with Crippen LogP contribution in [0.25, 0.3) is 0 Å². The van der Waals surface area contributed by atoms with Gasteiger partial charge in [-0.1, -0.05) is 24.3 Å². The molecule has 2 rings (SSSR count). The van der Waals surface area contributed by atoms with E-state index in [1.807, 2.05) is 32.0 Å². The summed E-state index contributed by atoms with van der Waals surface area (Å²) >= 11 is 0. The van der Waals surface area contributed by atoms with Crippen LogP contribution in [0.4, 0.5) is 11.4 Å². The molecule has 0 atom stereocenters. The standard InChI is InChI=1S/C17H19N3O/c1-4-8-19-17(21)14-9-15(11-18-10-14)20-16-12(2)6-5-7-13(16)3/h4-7,9-11,20H,1,8H2,2-3H3,(H,19,21). The molecule has 0 aliphatic carbocycles. The van der Waals surface area contributed by atoms with Crippen LogP contribution < -0.4 is 10.6 Å². The van der Waals surface area contributed by atoms with Gasteiger partial charge in [0.25, 0.3) is 5.91 Å². The minimum atomic E-state index is -0.160. The minimum absolute atomic E-state index is 0.160. The van der Waals surface area contributed by atoms with Crippen LogP contribution in [0.1, 0.15) is 21.5 Å². The van der Waals surface area contributed by atoms with Crippen LogP contribution in [-0.2, 0) is 0 Å². The highest BCUT2D eigenvalue weighted by molar-refractivity contribution is 5.95. The number of para-hydroxylation sites is 1. The highest BCUT2D eigenvalue weighted by Gasteiger charge is 2.07. The molecule has 21 heavy (non-hydrogen) atoms. The predicted molar refractivity (Wildman–Crippen MR) is 86.0 cm³/mol. The van der Waals surface area contributed by atoms with E-state index in [9.17, 15) is 4.79 Å². The molecule has 4 heteroatoms. The molecule has 0 radical (unpaired) electrons. The second kappa shape index (κ2) is 6.70. The van der Waals surface area contributed by atoms with E-state index >= 15 is 0 Å². The Morgan fingerprint density at radius 2 is 2.00 bits per heavy atom. The van der Waals surface area contributed by atoms with Crippen molar-refractivity contribution in [1.29, 1.82) is 0 Å². The quantitative estimate of drug-likeness (QED) is 0.826. The number of benzene rings is 1. The molecule has 0 saturated carbocycles. The van der Waals surface area contributed by atoms with Crippen molar-refractivity contribution in [2.24, 2.45) is 0 Å². The summed E-state index contributed by atoms with van der Waals surface area (Å²) in [4.78, 5) is 16.0. The molecule has 0 aliphatic heterocycles. The number of anilines is 2. The van der Waals surface area contributed by atoms with Crippen molar-refractivity contribution in [2.45, 2.75) is 13.8 Å². The lowest BCUT2D eigenvalue weighted by Gasteiger charge is -2.13. The summed E-state index contributed by atoms with van der Waals surface area (Å²) in [5, 5.41) is 6.07. The Labute approximate surface area is 124 Å². The smallest absolute Gasteiger partial charge is 0.253 e. The number of carbonyl (C=O) groups excluding carboxylic acids is 1. The third-order valence-corrected chi connectivity index (χ3v) is 3.16. The summed E-state index contributed by atoms with van der Waals surface area (Å²) in [7, 11) is 0. The summed E-state index contributed by atoms with van der Waals surface area (Å²) < 4.78 is 0. The van der Waals surface area contributed by atoms with E-state index in [4.69, 9.17) is 0 Å². The van der Waals surface area contributed by atoms with Crippen molar-refractivity contribution in [1.82, 2.24) is 10.3 Å². The van der Waals surface area contributed by atoms with E-state index in [1.165, 1.54) is 0 Å². The normalized spacial score (nSPS) is 10.0. The number of aryl methyl sites for hydroxylation is 2. The van der Waals surface area contributed by atoms with Crippen molar-refractivity contribution in [3.8, 4) is 0 Å². The molecular weight excluding hydrogens is 262 g/mol. The first-order chi connectivity index (χ1) is 10.1. The lowest BCUT2D eigenvalue weighted by atomic mass is 10.1. The zero-order valence-corrected chi connectivity index (χ0v) is 12.3. The number of amides is 1. The average Bonchev–Trinajstić information content (AvgIpc) is 2.49. The van der Waals surface area contributed by atoms with Crippen molar-refractivity contribution < 1.29 is 4.79 Å². The van der Waals surface area contributed by atoms with Gasteiger partial charge in [0.1, 0.15) is 0 Å². The van der Waals surface area contributed by atoms with E-state index in [-0.39, 0.29) is 5.91 Å². The van der Waals surface area contributed by atoms with E-state index in [1.54, 1.807) is 24.5 Å². The van der Waals surface area contributed by atoms with Crippen molar-refractivity contribution in [3.63, 3.8) is 0 Å². The maximum Gasteiger partial charge on any atom is 0.253 e. The van der Waals surface area contributed by atoms with Crippen LogP contribution in [0, 0.1) is 13.8 Å². The third-order valence-electron chi connectivity index (χ3n) is 3.16. The largest absolute Gasteiger partial charge is 0.354 e. The maximum atomic E-state index is 11.9. The SMILES string of the molecule is C=CCNC(=O)c1cncc(Nc2c(C)cccc2C)c1. The monoisotopic (exact) mass is 281 g/mol. The number of nitrogens with one attached hydrogen (secondary N) is 2. The first-order valence-electron chi connectivity index (χ1n) is 6.79. The Hall–Kier alpha value is -2.62. The van der Waals surface area contributed by atoms with Crippen LogP contribution in [0.2, 0.25) is 0 Å². The number of pyridine rings is 1.